The van der Waals surface area contributed by atoms with E-state index in [-0.39, 0.29) is 5.41 Å². The van der Waals surface area contributed by atoms with Crippen LogP contribution >= 0.6 is 0 Å². The number of hydrogen-bond donors (Lipinski definition) is 0. The SMILES string of the molecule is CCCCC1(C)C[n+]2cc(-c3ccc(C)cc3)nc(-c3ccccc3)c2-c2ccccc21. The maximum absolute atomic E-state index is 5.24. The summed E-state index contributed by atoms with van der Waals surface area (Å²) in [4.78, 5) is 5.24. The molecule has 0 aliphatic carbocycles. The molecule has 0 saturated carbocycles. The molecule has 1 aromatic heterocycles. The third kappa shape index (κ3) is 3.64. The van der Waals surface area contributed by atoms with Crippen LogP contribution in [-0.2, 0) is 12.0 Å². The molecule has 32 heavy (non-hydrogen) atoms. The summed E-state index contributed by atoms with van der Waals surface area (Å²) in [6, 6.07) is 28.3. The highest BCUT2D eigenvalue weighted by Gasteiger charge is 2.41. The van der Waals surface area contributed by atoms with Crippen molar-refractivity contribution in [3.63, 3.8) is 0 Å². The van der Waals surface area contributed by atoms with Gasteiger partial charge in [-0.15, -0.1) is 0 Å². The lowest BCUT2D eigenvalue weighted by atomic mass is 9.73. The second-order valence-corrected chi connectivity index (χ2v) is 9.39. The van der Waals surface area contributed by atoms with Crippen molar-refractivity contribution >= 4 is 0 Å². The summed E-state index contributed by atoms with van der Waals surface area (Å²) in [5, 5.41) is 0. The van der Waals surface area contributed by atoms with Crippen LogP contribution in [0.1, 0.15) is 44.2 Å². The predicted molar refractivity (Wildman–Crippen MR) is 132 cm³/mol. The van der Waals surface area contributed by atoms with E-state index in [2.05, 4.69) is 110 Å². The lowest BCUT2D eigenvalue weighted by Crippen LogP contribution is -2.50. The Morgan fingerprint density at radius 3 is 2.34 bits per heavy atom. The Morgan fingerprint density at radius 1 is 0.875 bits per heavy atom. The molecule has 160 valence electrons. The van der Waals surface area contributed by atoms with E-state index in [4.69, 9.17) is 4.98 Å². The van der Waals surface area contributed by atoms with Crippen LogP contribution in [0.3, 0.4) is 0 Å². The quantitative estimate of drug-likeness (QED) is 0.314. The first-order valence-corrected chi connectivity index (χ1v) is 11.8. The van der Waals surface area contributed by atoms with E-state index in [1.54, 1.807) is 0 Å². The topological polar surface area (TPSA) is 16.8 Å². The maximum Gasteiger partial charge on any atom is 0.239 e. The van der Waals surface area contributed by atoms with E-state index in [0.29, 0.717) is 0 Å². The van der Waals surface area contributed by atoms with Gasteiger partial charge in [-0.2, -0.15) is 4.57 Å². The van der Waals surface area contributed by atoms with Gasteiger partial charge in [0.1, 0.15) is 11.4 Å². The molecular formula is C30H31N2+. The highest BCUT2D eigenvalue weighted by Crippen LogP contribution is 2.42. The Balaban J connectivity index is 1.77. The van der Waals surface area contributed by atoms with Crippen LogP contribution in [0.25, 0.3) is 33.8 Å². The standard InChI is InChI=1S/C30H31N2/c1-4-5-19-30(3)21-32-20-27(23-17-15-22(2)16-18-23)31-28(24-11-7-6-8-12-24)29(32)25-13-9-10-14-26(25)30/h6-18,20H,4-5,19,21H2,1-3H3/q+1. The number of aryl methyl sites for hydroxylation is 1. The number of unbranched alkanes of at least 4 members (excludes halogenated alkanes) is 1. The minimum atomic E-state index is 0.115. The van der Waals surface area contributed by atoms with Gasteiger partial charge in [-0.1, -0.05) is 98.1 Å². The van der Waals surface area contributed by atoms with E-state index < -0.39 is 0 Å². The molecule has 0 amide bonds. The molecule has 0 N–H and O–H groups in total. The van der Waals surface area contributed by atoms with Crippen molar-refractivity contribution in [2.45, 2.75) is 52.0 Å². The summed E-state index contributed by atoms with van der Waals surface area (Å²) in [6.07, 6.45) is 5.92. The summed E-state index contributed by atoms with van der Waals surface area (Å²) in [7, 11) is 0. The zero-order valence-electron chi connectivity index (χ0n) is 19.3. The van der Waals surface area contributed by atoms with Gasteiger partial charge < -0.3 is 0 Å². The monoisotopic (exact) mass is 419 g/mol. The van der Waals surface area contributed by atoms with Gasteiger partial charge in [0.2, 0.25) is 5.69 Å². The lowest BCUT2D eigenvalue weighted by molar-refractivity contribution is -0.696. The van der Waals surface area contributed by atoms with Crippen molar-refractivity contribution in [1.29, 1.82) is 0 Å². The second-order valence-electron chi connectivity index (χ2n) is 9.39. The van der Waals surface area contributed by atoms with E-state index in [0.717, 1.165) is 29.1 Å². The number of nitrogens with zero attached hydrogens (tertiary/aromatic N) is 2. The van der Waals surface area contributed by atoms with Gasteiger partial charge in [0.25, 0.3) is 0 Å². The molecule has 5 rings (SSSR count). The summed E-state index contributed by atoms with van der Waals surface area (Å²) in [5.41, 5.74) is 9.81. The number of hydrogen-bond acceptors (Lipinski definition) is 1. The summed E-state index contributed by atoms with van der Waals surface area (Å²) >= 11 is 0. The Morgan fingerprint density at radius 2 is 1.59 bits per heavy atom. The van der Waals surface area contributed by atoms with Crippen LogP contribution in [0.5, 0.6) is 0 Å². The zero-order chi connectivity index (χ0) is 22.1. The molecule has 2 heterocycles. The molecule has 1 atom stereocenters. The Hall–Kier alpha value is -3.26. The highest BCUT2D eigenvalue weighted by atomic mass is 15.0. The maximum atomic E-state index is 5.24. The van der Waals surface area contributed by atoms with E-state index in [1.807, 2.05) is 0 Å². The first-order valence-electron chi connectivity index (χ1n) is 11.8. The van der Waals surface area contributed by atoms with Crippen LogP contribution in [0.15, 0.2) is 85.1 Å². The molecule has 0 saturated heterocycles. The van der Waals surface area contributed by atoms with Crippen molar-refractivity contribution < 1.29 is 4.57 Å². The molecule has 1 unspecified atom stereocenters. The highest BCUT2D eigenvalue weighted by molar-refractivity contribution is 5.80. The molecule has 0 bridgehead atoms. The Labute approximate surface area is 191 Å². The number of rotatable bonds is 5. The first-order chi connectivity index (χ1) is 15.6. The molecule has 2 nitrogen and oxygen atoms in total. The van der Waals surface area contributed by atoms with Crippen molar-refractivity contribution in [3.8, 4) is 33.8 Å². The summed E-state index contributed by atoms with van der Waals surface area (Å²) < 4.78 is 2.47. The summed E-state index contributed by atoms with van der Waals surface area (Å²) in [5.74, 6) is 0. The minimum Gasteiger partial charge on any atom is -0.234 e. The fourth-order valence-electron chi connectivity index (χ4n) is 5.08. The van der Waals surface area contributed by atoms with Gasteiger partial charge in [0.15, 0.2) is 12.7 Å². The van der Waals surface area contributed by atoms with Crippen LogP contribution in [0.4, 0.5) is 0 Å². The van der Waals surface area contributed by atoms with Gasteiger partial charge in [-0.25, -0.2) is 4.98 Å². The van der Waals surface area contributed by atoms with Crippen LogP contribution in [-0.4, -0.2) is 4.98 Å². The van der Waals surface area contributed by atoms with Gasteiger partial charge >= 0.3 is 0 Å². The zero-order valence-corrected chi connectivity index (χ0v) is 19.3. The minimum absolute atomic E-state index is 0.115. The second kappa shape index (κ2) is 8.35. The average molecular weight is 420 g/mol. The molecule has 0 fully saturated rings. The van der Waals surface area contributed by atoms with Crippen molar-refractivity contribution in [1.82, 2.24) is 4.98 Å². The third-order valence-electron chi connectivity index (χ3n) is 6.85. The van der Waals surface area contributed by atoms with Crippen LogP contribution in [0.2, 0.25) is 0 Å². The molecule has 2 heteroatoms. The smallest absolute Gasteiger partial charge is 0.234 e. The van der Waals surface area contributed by atoms with E-state index >= 15 is 0 Å². The Kier molecular flexibility index (Phi) is 5.38. The van der Waals surface area contributed by atoms with Gasteiger partial charge in [0.05, 0.1) is 11.0 Å². The molecule has 1 aliphatic rings. The van der Waals surface area contributed by atoms with Crippen molar-refractivity contribution in [2.75, 3.05) is 0 Å². The van der Waals surface area contributed by atoms with E-state index in [9.17, 15) is 0 Å². The molecule has 3 aromatic carbocycles. The fourth-order valence-corrected chi connectivity index (χ4v) is 5.08. The lowest BCUT2D eigenvalue weighted by Gasteiger charge is -2.33. The summed E-state index contributed by atoms with van der Waals surface area (Å²) in [6.45, 7) is 7.82. The van der Waals surface area contributed by atoms with Gasteiger partial charge in [-0.05, 0) is 31.9 Å². The first kappa shape index (κ1) is 20.6. The molecule has 0 radical (unpaired) electrons. The predicted octanol–water partition coefficient (Wildman–Crippen LogP) is 7.14. The van der Waals surface area contributed by atoms with Crippen molar-refractivity contribution in [3.05, 3.63) is 96.2 Å². The van der Waals surface area contributed by atoms with Crippen molar-refractivity contribution in [2.24, 2.45) is 0 Å². The van der Waals surface area contributed by atoms with Crippen LogP contribution in [0, 0.1) is 6.92 Å². The number of benzene rings is 3. The van der Waals surface area contributed by atoms with Gasteiger partial charge in [0, 0.05) is 11.1 Å². The number of aromatic nitrogens is 2. The Bertz CT molecular complexity index is 1240. The number of fused-ring (bicyclic) bond motifs is 3. The third-order valence-corrected chi connectivity index (χ3v) is 6.85. The molecular weight excluding hydrogens is 388 g/mol. The fraction of sp³-hybridized carbons (Fsp3) is 0.267. The van der Waals surface area contributed by atoms with E-state index in [1.165, 1.54) is 41.6 Å². The largest absolute Gasteiger partial charge is 0.239 e. The molecule has 0 spiro atoms. The normalized spacial score (nSPS) is 17.0. The van der Waals surface area contributed by atoms with Crippen LogP contribution < -0.4 is 4.57 Å². The average Bonchev–Trinajstić information content (AvgIpc) is 2.83. The molecule has 1 aliphatic heterocycles. The van der Waals surface area contributed by atoms with Gasteiger partial charge in [-0.3, -0.25) is 0 Å². The molecule has 4 aromatic rings.